The van der Waals surface area contributed by atoms with Crippen LogP contribution in [0.15, 0.2) is 43.0 Å². The molecule has 0 aliphatic rings. The highest BCUT2D eigenvalue weighted by Crippen LogP contribution is 2.18. The third-order valence-electron chi connectivity index (χ3n) is 3.47. The Morgan fingerprint density at radius 3 is 2.80 bits per heavy atom. The topological polar surface area (TPSA) is 91.2 Å². The molecule has 2 heterocycles. The normalized spacial score (nSPS) is 10.8. The second-order valence-electron chi connectivity index (χ2n) is 5.33. The van der Waals surface area contributed by atoms with Gasteiger partial charge in [-0.2, -0.15) is 0 Å². The van der Waals surface area contributed by atoms with Crippen LogP contribution in [0.25, 0.3) is 11.2 Å². The Balaban J connectivity index is 1.62. The van der Waals surface area contributed by atoms with Gasteiger partial charge in [-0.1, -0.05) is 30.3 Å². The van der Waals surface area contributed by atoms with E-state index in [2.05, 4.69) is 20.3 Å². The van der Waals surface area contributed by atoms with Crippen LogP contribution >= 0.6 is 0 Å². The van der Waals surface area contributed by atoms with Crippen molar-refractivity contribution in [2.24, 2.45) is 0 Å². The number of esters is 1. The Labute approximate surface area is 144 Å². The molecule has 0 saturated carbocycles. The van der Waals surface area contributed by atoms with E-state index in [9.17, 15) is 4.79 Å². The zero-order valence-electron chi connectivity index (χ0n) is 13.9. The number of hydrogen-bond donors (Lipinski definition) is 1. The molecule has 1 N–H and O–H groups in total. The monoisotopic (exact) mass is 341 g/mol. The number of rotatable bonds is 8. The van der Waals surface area contributed by atoms with Gasteiger partial charge in [0.2, 0.25) is 0 Å². The third-order valence-corrected chi connectivity index (χ3v) is 3.47. The molecule has 0 atom stereocenters. The van der Waals surface area contributed by atoms with Gasteiger partial charge >= 0.3 is 5.97 Å². The summed E-state index contributed by atoms with van der Waals surface area (Å²) in [6.45, 7) is 2.82. The van der Waals surface area contributed by atoms with E-state index < -0.39 is 0 Å². The fourth-order valence-corrected chi connectivity index (χ4v) is 2.29. The molecule has 0 aliphatic carbocycles. The molecule has 8 heteroatoms. The molecule has 0 unspecified atom stereocenters. The molecule has 0 spiro atoms. The quantitative estimate of drug-likeness (QED) is 0.495. The smallest absolute Gasteiger partial charge is 0.302 e. The maximum atomic E-state index is 10.7. The summed E-state index contributed by atoms with van der Waals surface area (Å²) in [5, 5.41) is 3.28. The zero-order valence-corrected chi connectivity index (χ0v) is 13.9. The molecular weight excluding hydrogens is 322 g/mol. The van der Waals surface area contributed by atoms with Crippen LogP contribution in [0.1, 0.15) is 12.5 Å². The Hall–Kier alpha value is -3.00. The van der Waals surface area contributed by atoms with E-state index in [4.69, 9.17) is 9.47 Å². The van der Waals surface area contributed by atoms with Crippen LogP contribution in [0.5, 0.6) is 0 Å². The number of carbonyl (C=O) groups is 1. The van der Waals surface area contributed by atoms with Crippen molar-refractivity contribution in [2.45, 2.75) is 20.2 Å². The van der Waals surface area contributed by atoms with E-state index in [0.717, 1.165) is 5.56 Å². The first-order chi connectivity index (χ1) is 12.2. The summed E-state index contributed by atoms with van der Waals surface area (Å²) >= 11 is 0. The standard InChI is InChI=1S/C17H19N5O3/c1-13(23)25-8-7-24-12-22-11-21-15-16(19-10-20-17(15)22)18-9-14-5-3-2-4-6-14/h2-6,10-11H,7-9,12H2,1H3,(H,18,19,20). The van der Waals surface area contributed by atoms with Gasteiger partial charge in [0.1, 0.15) is 19.7 Å². The summed E-state index contributed by atoms with van der Waals surface area (Å²) in [6, 6.07) is 10.1. The van der Waals surface area contributed by atoms with Gasteiger partial charge in [-0.25, -0.2) is 15.0 Å². The molecule has 0 aliphatic heterocycles. The number of anilines is 1. The first-order valence-electron chi connectivity index (χ1n) is 7.89. The minimum atomic E-state index is -0.321. The molecule has 8 nitrogen and oxygen atoms in total. The number of nitrogens with zero attached hydrogens (tertiary/aromatic N) is 4. The van der Waals surface area contributed by atoms with Crippen molar-refractivity contribution in [3.63, 3.8) is 0 Å². The lowest BCUT2D eigenvalue weighted by atomic mass is 10.2. The van der Waals surface area contributed by atoms with Gasteiger partial charge in [0.15, 0.2) is 17.0 Å². The first-order valence-corrected chi connectivity index (χ1v) is 7.89. The van der Waals surface area contributed by atoms with E-state index in [1.807, 2.05) is 30.3 Å². The van der Waals surface area contributed by atoms with E-state index in [1.54, 1.807) is 10.9 Å². The van der Waals surface area contributed by atoms with Crippen molar-refractivity contribution < 1.29 is 14.3 Å². The Morgan fingerprint density at radius 2 is 2.00 bits per heavy atom. The van der Waals surface area contributed by atoms with Gasteiger partial charge in [-0.05, 0) is 5.56 Å². The lowest BCUT2D eigenvalue weighted by Crippen LogP contribution is -2.10. The highest BCUT2D eigenvalue weighted by Gasteiger charge is 2.10. The van der Waals surface area contributed by atoms with E-state index in [-0.39, 0.29) is 19.3 Å². The van der Waals surface area contributed by atoms with Crippen molar-refractivity contribution in [2.75, 3.05) is 18.5 Å². The largest absolute Gasteiger partial charge is 0.463 e. The summed E-state index contributed by atoms with van der Waals surface area (Å²) < 4.78 is 12.1. The van der Waals surface area contributed by atoms with E-state index in [0.29, 0.717) is 30.1 Å². The Kier molecular flexibility index (Phi) is 5.53. The number of fused-ring (bicyclic) bond motifs is 1. The van der Waals surface area contributed by atoms with Crippen LogP contribution in [-0.4, -0.2) is 38.7 Å². The molecule has 0 radical (unpaired) electrons. The fourth-order valence-electron chi connectivity index (χ4n) is 2.29. The van der Waals surface area contributed by atoms with Crippen molar-refractivity contribution >= 4 is 23.0 Å². The number of carbonyl (C=O) groups excluding carboxylic acids is 1. The minimum absolute atomic E-state index is 0.223. The number of aromatic nitrogens is 4. The average molecular weight is 341 g/mol. The van der Waals surface area contributed by atoms with Crippen molar-refractivity contribution in [3.8, 4) is 0 Å². The Bertz CT molecular complexity index is 835. The van der Waals surface area contributed by atoms with Crippen LogP contribution in [0.4, 0.5) is 5.82 Å². The van der Waals surface area contributed by atoms with Crippen LogP contribution < -0.4 is 5.32 Å². The molecular formula is C17H19N5O3. The van der Waals surface area contributed by atoms with Gasteiger partial charge < -0.3 is 14.8 Å². The number of imidazole rings is 1. The van der Waals surface area contributed by atoms with Crippen molar-refractivity contribution in [1.29, 1.82) is 0 Å². The number of ether oxygens (including phenoxy) is 2. The highest BCUT2D eigenvalue weighted by molar-refractivity contribution is 5.82. The lowest BCUT2D eigenvalue weighted by Gasteiger charge is -2.07. The second kappa shape index (κ2) is 8.20. The predicted molar refractivity (Wildman–Crippen MR) is 91.7 cm³/mol. The highest BCUT2D eigenvalue weighted by atomic mass is 16.6. The minimum Gasteiger partial charge on any atom is -0.463 e. The maximum Gasteiger partial charge on any atom is 0.302 e. The molecule has 130 valence electrons. The molecule has 0 fully saturated rings. The summed E-state index contributed by atoms with van der Waals surface area (Å²) in [5.74, 6) is 0.353. The maximum absolute atomic E-state index is 10.7. The number of benzene rings is 1. The van der Waals surface area contributed by atoms with E-state index >= 15 is 0 Å². The average Bonchev–Trinajstić information content (AvgIpc) is 3.04. The zero-order chi connectivity index (χ0) is 17.5. The number of hydrogen-bond acceptors (Lipinski definition) is 7. The fraction of sp³-hybridized carbons (Fsp3) is 0.294. The molecule has 25 heavy (non-hydrogen) atoms. The van der Waals surface area contributed by atoms with Crippen LogP contribution in [0.2, 0.25) is 0 Å². The van der Waals surface area contributed by atoms with Gasteiger partial charge in [-0.3, -0.25) is 9.36 Å². The van der Waals surface area contributed by atoms with Crippen molar-refractivity contribution in [1.82, 2.24) is 19.5 Å². The van der Waals surface area contributed by atoms with E-state index in [1.165, 1.54) is 13.3 Å². The molecule has 2 aromatic heterocycles. The van der Waals surface area contributed by atoms with Crippen LogP contribution in [0, 0.1) is 0 Å². The first kappa shape index (κ1) is 16.8. The van der Waals surface area contributed by atoms with Crippen LogP contribution in [-0.2, 0) is 27.5 Å². The summed E-state index contributed by atoms with van der Waals surface area (Å²) in [4.78, 5) is 23.6. The predicted octanol–water partition coefficient (Wildman–Crippen LogP) is 1.98. The summed E-state index contributed by atoms with van der Waals surface area (Å²) in [5.41, 5.74) is 2.52. The molecule has 1 aromatic carbocycles. The molecule has 3 rings (SSSR count). The van der Waals surface area contributed by atoms with Gasteiger partial charge in [0.05, 0.1) is 12.9 Å². The third kappa shape index (κ3) is 4.51. The molecule has 3 aromatic rings. The van der Waals surface area contributed by atoms with Gasteiger partial charge in [0, 0.05) is 13.5 Å². The van der Waals surface area contributed by atoms with Gasteiger partial charge in [0.25, 0.3) is 0 Å². The summed E-state index contributed by atoms with van der Waals surface area (Å²) in [6.07, 6.45) is 3.14. The summed E-state index contributed by atoms with van der Waals surface area (Å²) in [7, 11) is 0. The van der Waals surface area contributed by atoms with Crippen LogP contribution in [0.3, 0.4) is 0 Å². The number of nitrogens with one attached hydrogen (secondary N) is 1. The second-order valence-corrected chi connectivity index (χ2v) is 5.33. The Morgan fingerprint density at radius 1 is 1.16 bits per heavy atom. The lowest BCUT2D eigenvalue weighted by molar-refractivity contribution is -0.142. The molecule has 0 amide bonds. The molecule has 0 bridgehead atoms. The molecule has 0 saturated heterocycles. The SMILES string of the molecule is CC(=O)OCCOCn1cnc2c(NCc3ccccc3)ncnc21. The van der Waals surface area contributed by atoms with Crippen molar-refractivity contribution in [3.05, 3.63) is 48.5 Å². The van der Waals surface area contributed by atoms with Gasteiger partial charge in [-0.15, -0.1) is 0 Å².